The average Bonchev–Trinajstić information content (AvgIpc) is 3.64. The van der Waals surface area contributed by atoms with Crippen molar-refractivity contribution >= 4 is 40.8 Å². The van der Waals surface area contributed by atoms with Crippen LogP contribution in [-0.2, 0) is 19.2 Å². The van der Waals surface area contributed by atoms with Gasteiger partial charge in [-0.05, 0) is 74.8 Å². The Morgan fingerprint density at radius 3 is 2.29 bits per heavy atom. The first-order chi connectivity index (χ1) is 18.1. The molecule has 2 bridgehead atoms. The Morgan fingerprint density at radius 2 is 1.66 bits per heavy atom. The number of esters is 1. The molecule has 2 heterocycles. The number of hydrogen-bond donors (Lipinski definition) is 0. The molecule has 0 spiro atoms. The van der Waals surface area contributed by atoms with E-state index in [1.165, 1.54) is 15.9 Å². The van der Waals surface area contributed by atoms with E-state index in [4.69, 9.17) is 4.74 Å². The number of carbonyl (C=O) groups is 4. The summed E-state index contributed by atoms with van der Waals surface area (Å²) in [7, 11) is 0. The van der Waals surface area contributed by atoms with E-state index >= 15 is 0 Å². The molecule has 4 aliphatic rings. The van der Waals surface area contributed by atoms with E-state index in [0.29, 0.717) is 34.3 Å². The number of imide groups is 1. The molecule has 2 aliphatic carbocycles. The molecule has 2 aromatic carbocycles. The molecule has 2 saturated heterocycles. The normalized spacial score (nSPS) is 27.8. The molecule has 0 radical (unpaired) electrons. The number of fused-ring (bicyclic) bond motifs is 5. The summed E-state index contributed by atoms with van der Waals surface area (Å²) in [6.07, 6.45) is 2.92. The molecule has 3 amide bonds. The van der Waals surface area contributed by atoms with Gasteiger partial charge in [0.05, 0.1) is 34.1 Å². The minimum atomic E-state index is -0.737. The molecular formula is C28H27N3O7. The quantitative estimate of drug-likeness (QED) is 0.194. The van der Waals surface area contributed by atoms with Gasteiger partial charge < -0.3 is 9.64 Å². The first kappa shape index (κ1) is 24.3. The van der Waals surface area contributed by atoms with Crippen LogP contribution in [0.25, 0.3) is 0 Å². The summed E-state index contributed by atoms with van der Waals surface area (Å²) >= 11 is 0. The largest absolute Gasteiger partial charge is 0.426 e. The summed E-state index contributed by atoms with van der Waals surface area (Å²) in [5.41, 5.74) is 1.90. The zero-order chi connectivity index (χ0) is 26.9. The lowest BCUT2D eigenvalue weighted by molar-refractivity contribution is -0.385. The van der Waals surface area contributed by atoms with Gasteiger partial charge in [0.25, 0.3) is 5.69 Å². The Balaban J connectivity index is 1.15. The molecule has 10 heteroatoms. The highest BCUT2D eigenvalue weighted by Gasteiger charge is 2.61. The predicted octanol–water partition coefficient (Wildman–Crippen LogP) is 3.71. The van der Waals surface area contributed by atoms with E-state index in [1.54, 1.807) is 44.2 Å². The number of nitrogens with zero attached hydrogens (tertiary/aromatic N) is 3. The number of nitro groups is 1. The number of rotatable bonds is 5. The number of ether oxygens (including phenoxy) is 1. The van der Waals surface area contributed by atoms with E-state index < -0.39 is 16.8 Å². The van der Waals surface area contributed by atoms with Crippen molar-refractivity contribution in [3.63, 3.8) is 0 Å². The van der Waals surface area contributed by atoms with E-state index in [9.17, 15) is 29.3 Å². The number of benzene rings is 2. The summed E-state index contributed by atoms with van der Waals surface area (Å²) in [5, 5.41) is 11.3. The highest BCUT2D eigenvalue weighted by atomic mass is 16.6. The Morgan fingerprint density at radius 1 is 0.974 bits per heavy atom. The van der Waals surface area contributed by atoms with Crippen LogP contribution < -0.4 is 14.5 Å². The molecule has 2 aromatic rings. The van der Waals surface area contributed by atoms with Crippen LogP contribution in [0.15, 0.2) is 36.4 Å². The van der Waals surface area contributed by atoms with Crippen LogP contribution in [0.5, 0.6) is 5.75 Å². The molecule has 0 unspecified atom stereocenters. The van der Waals surface area contributed by atoms with Crippen LogP contribution in [0.2, 0.25) is 0 Å². The number of anilines is 2. The third kappa shape index (κ3) is 3.69. The smallest absolute Gasteiger partial charge is 0.316 e. The number of aryl methyl sites for hydroxylation is 2. The van der Waals surface area contributed by atoms with Gasteiger partial charge in [-0.1, -0.05) is 6.07 Å². The maximum Gasteiger partial charge on any atom is 0.316 e. The Hall–Kier alpha value is -4.08. The van der Waals surface area contributed by atoms with Crippen molar-refractivity contribution in [2.45, 2.75) is 39.5 Å². The fourth-order valence-corrected chi connectivity index (χ4v) is 6.87. The van der Waals surface area contributed by atoms with Gasteiger partial charge in [0.15, 0.2) is 0 Å². The molecule has 0 aromatic heterocycles. The van der Waals surface area contributed by atoms with E-state index in [1.807, 2.05) is 0 Å². The fourth-order valence-electron chi connectivity index (χ4n) is 6.87. The summed E-state index contributed by atoms with van der Waals surface area (Å²) in [5.74, 6) is -1.46. The summed E-state index contributed by atoms with van der Waals surface area (Å²) < 4.78 is 5.57. The van der Waals surface area contributed by atoms with Gasteiger partial charge in [-0.25, -0.2) is 4.90 Å². The number of nitro benzene ring substituents is 1. The van der Waals surface area contributed by atoms with Gasteiger partial charge in [-0.2, -0.15) is 0 Å². The zero-order valence-electron chi connectivity index (χ0n) is 21.1. The Labute approximate surface area is 218 Å². The topological polar surface area (TPSA) is 127 Å². The standard InChI is InChI=1S/C28H27N3O7/c1-14-3-6-19(12-22(14)31(36)37)29-13-18(11-23(29)32)28(35)38-20-7-8-21(15(2)9-20)30-26(33)24-16-4-5-17(10-16)25(24)27(30)34/h3,6-9,12,16-18,24-25H,4-5,10-11,13H2,1-2H3/t16-,17-,18+,24-,25-/m0/s1. The summed E-state index contributed by atoms with van der Waals surface area (Å²) in [6.45, 7) is 3.43. The third-order valence-corrected chi connectivity index (χ3v) is 8.71. The molecular weight excluding hydrogens is 490 g/mol. The Bertz CT molecular complexity index is 1390. The molecule has 10 nitrogen and oxygen atoms in total. The van der Waals surface area contributed by atoms with Gasteiger partial charge in [-0.3, -0.25) is 29.3 Å². The molecule has 5 atom stereocenters. The zero-order valence-corrected chi connectivity index (χ0v) is 21.1. The summed E-state index contributed by atoms with van der Waals surface area (Å²) in [6, 6.07) is 9.34. The van der Waals surface area contributed by atoms with Gasteiger partial charge in [0.1, 0.15) is 5.75 Å². The highest BCUT2D eigenvalue weighted by Crippen LogP contribution is 2.56. The first-order valence-electron chi connectivity index (χ1n) is 12.9. The maximum absolute atomic E-state index is 13.2. The lowest BCUT2D eigenvalue weighted by Crippen LogP contribution is -2.33. The molecule has 4 fully saturated rings. The van der Waals surface area contributed by atoms with E-state index in [-0.39, 0.29) is 54.0 Å². The van der Waals surface area contributed by atoms with E-state index in [2.05, 4.69) is 0 Å². The van der Waals surface area contributed by atoms with Gasteiger partial charge in [0.2, 0.25) is 17.7 Å². The van der Waals surface area contributed by atoms with Crippen molar-refractivity contribution in [1.29, 1.82) is 0 Å². The Kier molecular flexibility index (Phi) is 5.59. The fraction of sp³-hybridized carbons (Fsp3) is 0.429. The number of hydrogen-bond acceptors (Lipinski definition) is 7. The van der Waals surface area contributed by atoms with Crippen molar-refractivity contribution < 1.29 is 28.8 Å². The number of carbonyl (C=O) groups excluding carboxylic acids is 4. The first-order valence-corrected chi connectivity index (χ1v) is 12.9. The van der Waals surface area contributed by atoms with Crippen molar-refractivity contribution in [2.75, 3.05) is 16.3 Å². The molecule has 196 valence electrons. The summed E-state index contributed by atoms with van der Waals surface area (Å²) in [4.78, 5) is 65.4. The molecule has 6 rings (SSSR count). The SMILES string of the molecule is Cc1cc(OC(=O)[C@@H]2CC(=O)N(c3ccc(C)c([N+](=O)[O-])c3)C2)ccc1N1C(=O)[C@H]2[C@H]3CC[C@@H](C3)[C@@H]2C1=O. The van der Waals surface area contributed by atoms with Crippen molar-refractivity contribution in [3.05, 3.63) is 57.6 Å². The van der Waals surface area contributed by atoms with Crippen LogP contribution in [-0.4, -0.2) is 35.2 Å². The van der Waals surface area contributed by atoms with Crippen LogP contribution in [0.3, 0.4) is 0 Å². The second kappa shape index (κ2) is 8.75. The van der Waals surface area contributed by atoms with Gasteiger partial charge in [0, 0.05) is 24.6 Å². The minimum Gasteiger partial charge on any atom is -0.426 e. The van der Waals surface area contributed by atoms with E-state index in [0.717, 1.165) is 19.3 Å². The second-order valence-corrected chi connectivity index (χ2v) is 10.9. The molecule has 2 aliphatic heterocycles. The monoisotopic (exact) mass is 517 g/mol. The van der Waals surface area contributed by atoms with Crippen LogP contribution in [0.1, 0.15) is 36.8 Å². The van der Waals surface area contributed by atoms with Crippen molar-refractivity contribution in [1.82, 2.24) is 0 Å². The van der Waals surface area contributed by atoms with Gasteiger partial charge >= 0.3 is 5.97 Å². The highest BCUT2D eigenvalue weighted by molar-refractivity contribution is 6.23. The van der Waals surface area contributed by atoms with Crippen LogP contribution in [0, 0.1) is 53.6 Å². The van der Waals surface area contributed by atoms with Crippen molar-refractivity contribution in [2.24, 2.45) is 29.6 Å². The average molecular weight is 518 g/mol. The predicted molar refractivity (Wildman–Crippen MR) is 135 cm³/mol. The van der Waals surface area contributed by atoms with Crippen molar-refractivity contribution in [3.8, 4) is 5.75 Å². The van der Waals surface area contributed by atoms with Crippen LogP contribution in [0.4, 0.5) is 17.1 Å². The molecule has 38 heavy (non-hydrogen) atoms. The molecule has 0 N–H and O–H groups in total. The second-order valence-electron chi connectivity index (χ2n) is 10.9. The lowest BCUT2D eigenvalue weighted by atomic mass is 9.81. The van der Waals surface area contributed by atoms with Gasteiger partial charge in [-0.15, -0.1) is 0 Å². The number of amides is 3. The third-order valence-electron chi connectivity index (χ3n) is 8.71. The minimum absolute atomic E-state index is 0.0524. The van der Waals surface area contributed by atoms with Crippen LogP contribution >= 0.6 is 0 Å². The lowest BCUT2D eigenvalue weighted by Gasteiger charge is -2.20. The molecule has 2 saturated carbocycles. The maximum atomic E-state index is 13.2.